The van der Waals surface area contributed by atoms with Crippen LogP contribution in [0.3, 0.4) is 0 Å². The number of hydrogen-bond donors (Lipinski definition) is 4. The van der Waals surface area contributed by atoms with Gasteiger partial charge in [0.05, 0.1) is 19.8 Å². The van der Waals surface area contributed by atoms with Gasteiger partial charge in [0.15, 0.2) is 0 Å². The first-order valence-corrected chi connectivity index (χ1v) is 13.3. The van der Waals surface area contributed by atoms with Crippen molar-refractivity contribution in [3.05, 3.63) is 0 Å². The molecule has 3 amide bonds. The molecule has 13 nitrogen and oxygen atoms in total. The molecular formula is C20H40N3O10P. The van der Waals surface area contributed by atoms with Gasteiger partial charge in [-0.15, -0.1) is 0 Å². The van der Waals surface area contributed by atoms with Gasteiger partial charge in [-0.3, -0.25) is 9.36 Å². The predicted molar refractivity (Wildman–Crippen MR) is 124 cm³/mol. The molecule has 1 unspecified atom stereocenters. The molecule has 4 N–H and O–H groups in total. The van der Waals surface area contributed by atoms with Gasteiger partial charge in [-0.05, 0) is 38.5 Å². The number of unbranched alkanes of at least 4 members (excludes halogenated alkanes) is 3. The van der Waals surface area contributed by atoms with Gasteiger partial charge < -0.3 is 44.3 Å². The molecule has 14 heteroatoms. The van der Waals surface area contributed by atoms with Crippen LogP contribution >= 0.6 is 7.60 Å². The minimum Gasteiger partial charge on any atom is -0.447 e. The van der Waals surface area contributed by atoms with Crippen molar-refractivity contribution in [2.24, 2.45) is 0 Å². The van der Waals surface area contributed by atoms with E-state index in [9.17, 15) is 18.9 Å². The summed E-state index contributed by atoms with van der Waals surface area (Å²) in [6, 6.07) is -0.799. The van der Waals surface area contributed by atoms with Crippen molar-refractivity contribution in [3.63, 3.8) is 0 Å². The minimum atomic E-state index is -3.47. The zero-order valence-corrected chi connectivity index (χ0v) is 21.2. The normalized spacial score (nSPS) is 13.4. The maximum Gasteiger partial charge on any atom is 0.407 e. The summed E-state index contributed by atoms with van der Waals surface area (Å²) in [6.45, 7) is 2.82. The molecule has 0 aliphatic rings. The van der Waals surface area contributed by atoms with Crippen molar-refractivity contribution < 1.29 is 47.3 Å². The molecule has 0 aromatic rings. The summed E-state index contributed by atoms with van der Waals surface area (Å²) in [7, 11) is -0.477. The Labute approximate surface area is 201 Å². The van der Waals surface area contributed by atoms with Crippen LogP contribution in [0.5, 0.6) is 0 Å². The van der Waals surface area contributed by atoms with E-state index < -0.39 is 25.8 Å². The van der Waals surface area contributed by atoms with Gasteiger partial charge in [-0.2, -0.15) is 0 Å². The number of amides is 3. The van der Waals surface area contributed by atoms with E-state index in [1.165, 1.54) is 14.2 Å². The molecule has 0 saturated heterocycles. The van der Waals surface area contributed by atoms with E-state index in [4.69, 9.17) is 28.4 Å². The molecule has 0 saturated carbocycles. The van der Waals surface area contributed by atoms with Crippen LogP contribution in [0, 0.1) is 0 Å². The van der Waals surface area contributed by atoms with E-state index in [1.807, 2.05) is 0 Å². The highest BCUT2D eigenvalue weighted by molar-refractivity contribution is 7.51. The second-order valence-electron chi connectivity index (χ2n) is 7.36. The van der Waals surface area contributed by atoms with E-state index in [2.05, 4.69) is 16.0 Å². The molecule has 0 aromatic heterocycles. The zero-order chi connectivity index (χ0) is 25.7. The van der Waals surface area contributed by atoms with Gasteiger partial charge in [-0.1, -0.05) is 0 Å². The maximum absolute atomic E-state index is 12.5. The smallest absolute Gasteiger partial charge is 0.407 e. The van der Waals surface area contributed by atoms with Gasteiger partial charge in [-0.25, -0.2) is 9.59 Å². The van der Waals surface area contributed by atoms with Gasteiger partial charge in [0.1, 0.15) is 19.3 Å². The molecule has 0 radical (unpaired) electrons. The highest BCUT2D eigenvalue weighted by Gasteiger charge is 2.21. The van der Waals surface area contributed by atoms with Crippen molar-refractivity contribution in [1.29, 1.82) is 0 Å². The van der Waals surface area contributed by atoms with E-state index in [0.29, 0.717) is 58.2 Å². The zero-order valence-electron chi connectivity index (χ0n) is 20.3. The molecule has 2 atom stereocenters. The van der Waals surface area contributed by atoms with Crippen LogP contribution in [-0.2, 0) is 32.8 Å². The highest BCUT2D eigenvalue weighted by Crippen LogP contribution is 2.36. The Hall–Kier alpha value is -1.92. The molecule has 0 aliphatic carbocycles. The van der Waals surface area contributed by atoms with Gasteiger partial charge in [0.2, 0.25) is 5.91 Å². The average molecular weight is 514 g/mol. The summed E-state index contributed by atoms with van der Waals surface area (Å²) in [4.78, 5) is 45.0. The number of ether oxygens (including phenoxy) is 4. The van der Waals surface area contributed by atoms with E-state index in [1.54, 1.807) is 0 Å². The molecule has 0 fully saturated rings. The van der Waals surface area contributed by atoms with Crippen LogP contribution in [0.1, 0.15) is 38.5 Å². The number of rotatable bonds is 20. The Bertz CT molecular complexity index is 617. The number of carbonyl (C=O) groups excluding carboxylic acids is 3. The Morgan fingerprint density at radius 2 is 1.38 bits per heavy atom. The molecular weight excluding hydrogens is 473 g/mol. The summed E-state index contributed by atoms with van der Waals surface area (Å²) in [5.74, 6) is -0.347. The van der Waals surface area contributed by atoms with Gasteiger partial charge in [0, 0.05) is 34.0 Å². The van der Waals surface area contributed by atoms with Crippen molar-refractivity contribution >= 4 is 25.7 Å². The second-order valence-corrected chi connectivity index (χ2v) is 9.23. The van der Waals surface area contributed by atoms with E-state index >= 15 is 0 Å². The fraction of sp³-hybridized carbons (Fsp3) is 0.850. The lowest BCUT2D eigenvalue weighted by Gasteiger charge is -2.18. The van der Waals surface area contributed by atoms with Crippen molar-refractivity contribution in [1.82, 2.24) is 16.0 Å². The lowest BCUT2D eigenvalue weighted by atomic mass is 10.1. The first-order chi connectivity index (χ1) is 16.2. The Morgan fingerprint density at radius 3 is 2.00 bits per heavy atom. The molecule has 200 valence electrons. The topological polar surface area (TPSA) is 171 Å². The molecule has 0 rings (SSSR count). The standard InChI is InChI=1S/C20H40N3O10P/c1-29-13-15-31-19(25)22-11-7-5-9-17(23-20(26)32-16-14-30-2)18(24)21-10-6-4-8-12-33-34(3,27)28/h17H,4-16H2,1-3H3,(H,21,24)(H,22,25)(H,23,26)(H,27,28)/t17-/m0/s1. The van der Waals surface area contributed by atoms with Crippen LogP contribution < -0.4 is 16.0 Å². The molecule has 34 heavy (non-hydrogen) atoms. The SMILES string of the molecule is COCCOC(=O)NCCCC[C@H](NC(=O)OCCOC)C(=O)NCCCCCOP(C)(=O)O. The lowest BCUT2D eigenvalue weighted by molar-refractivity contribution is -0.123. The third kappa shape index (κ3) is 20.7. The van der Waals surface area contributed by atoms with Crippen LogP contribution in [0.25, 0.3) is 0 Å². The fourth-order valence-electron chi connectivity index (χ4n) is 2.58. The third-order valence-electron chi connectivity index (χ3n) is 4.29. The third-order valence-corrected chi connectivity index (χ3v) is 4.95. The summed E-state index contributed by atoms with van der Waals surface area (Å²) in [5.41, 5.74) is 0. The number of alkyl carbamates (subject to hydrolysis) is 2. The van der Waals surface area contributed by atoms with Crippen LogP contribution in [-0.4, -0.2) is 96.0 Å². The second kappa shape index (κ2) is 20.5. The summed E-state index contributed by atoms with van der Waals surface area (Å²) >= 11 is 0. The summed E-state index contributed by atoms with van der Waals surface area (Å²) < 4.78 is 35.3. The lowest BCUT2D eigenvalue weighted by Crippen LogP contribution is -2.47. The van der Waals surface area contributed by atoms with Gasteiger partial charge >= 0.3 is 19.8 Å². The number of carbonyl (C=O) groups is 3. The maximum atomic E-state index is 12.5. The Kier molecular flexibility index (Phi) is 19.3. The molecule has 0 bridgehead atoms. The van der Waals surface area contributed by atoms with E-state index in [-0.39, 0.29) is 32.3 Å². The van der Waals surface area contributed by atoms with Crippen LogP contribution in [0.4, 0.5) is 9.59 Å². The average Bonchev–Trinajstić information content (AvgIpc) is 2.76. The highest BCUT2D eigenvalue weighted by atomic mass is 31.2. The molecule has 0 heterocycles. The fourth-order valence-corrected chi connectivity index (χ4v) is 3.04. The molecule has 0 spiro atoms. The first-order valence-electron chi connectivity index (χ1n) is 11.2. The Morgan fingerprint density at radius 1 is 0.794 bits per heavy atom. The Balaban J connectivity index is 4.33. The first kappa shape index (κ1) is 32.1. The predicted octanol–water partition coefficient (Wildman–Crippen LogP) is 1.39. The van der Waals surface area contributed by atoms with Gasteiger partial charge in [0.25, 0.3) is 0 Å². The van der Waals surface area contributed by atoms with Crippen LogP contribution in [0.15, 0.2) is 0 Å². The summed E-state index contributed by atoms with van der Waals surface area (Å²) in [6.07, 6.45) is 2.16. The largest absolute Gasteiger partial charge is 0.447 e. The number of nitrogens with one attached hydrogen (secondary N) is 3. The molecule has 0 aliphatic heterocycles. The van der Waals surface area contributed by atoms with Crippen molar-refractivity contribution in [2.75, 3.05) is 67.0 Å². The molecule has 0 aromatic carbocycles. The number of hydrogen-bond acceptors (Lipinski definition) is 9. The summed E-state index contributed by atoms with van der Waals surface area (Å²) in [5, 5.41) is 7.92. The number of methoxy groups -OCH3 is 2. The minimum absolute atomic E-state index is 0.0619. The van der Waals surface area contributed by atoms with Crippen LogP contribution in [0.2, 0.25) is 0 Å². The van der Waals surface area contributed by atoms with E-state index in [0.717, 1.165) is 6.66 Å². The monoisotopic (exact) mass is 513 g/mol. The van der Waals surface area contributed by atoms with Crippen molar-refractivity contribution in [2.45, 2.75) is 44.6 Å². The van der Waals surface area contributed by atoms with Crippen molar-refractivity contribution in [3.8, 4) is 0 Å². The quantitative estimate of drug-likeness (QED) is 0.138.